The molecule has 0 saturated carbocycles. The molecule has 0 bridgehead atoms. The number of aromatic nitrogens is 4. The molecule has 8 rings (SSSR count). The summed E-state index contributed by atoms with van der Waals surface area (Å²) in [4.78, 5) is 56.5. The summed E-state index contributed by atoms with van der Waals surface area (Å²) in [6.45, 7) is 3.93. The maximum atomic E-state index is 14.8. The van der Waals surface area contributed by atoms with Crippen LogP contribution in [0.1, 0.15) is 71.5 Å². The van der Waals surface area contributed by atoms with E-state index in [1.54, 1.807) is 30.6 Å². The highest BCUT2D eigenvalue weighted by molar-refractivity contribution is 6.35. The molecule has 3 aromatic heterocycles. The van der Waals surface area contributed by atoms with E-state index in [0.717, 1.165) is 48.7 Å². The Balaban J connectivity index is 1.22. The number of imidazole rings is 1. The number of halogens is 3. The molecule has 2 fully saturated rings. The average molecular weight is 811 g/mol. The second kappa shape index (κ2) is 15.6. The third-order valence-corrected chi connectivity index (χ3v) is 11.6. The van der Waals surface area contributed by atoms with Gasteiger partial charge in [0.1, 0.15) is 5.69 Å². The molecule has 0 aliphatic carbocycles. The van der Waals surface area contributed by atoms with Crippen LogP contribution in [0.25, 0.3) is 33.4 Å². The van der Waals surface area contributed by atoms with Gasteiger partial charge in [-0.25, -0.2) is 14.8 Å². The number of benzene rings is 3. The Morgan fingerprint density at radius 2 is 1.68 bits per heavy atom. The predicted molar refractivity (Wildman–Crippen MR) is 220 cm³/mol. The minimum Gasteiger partial charge on any atom is -0.478 e. The van der Waals surface area contributed by atoms with Gasteiger partial charge in [0, 0.05) is 75.4 Å². The van der Waals surface area contributed by atoms with Crippen molar-refractivity contribution >= 4 is 75.0 Å². The van der Waals surface area contributed by atoms with Gasteiger partial charge in [-0.15, -0.1) is 0 Å². The number of carboxylic acids is 1. The lowest BCUT2D eigenvalue weighted by Crippen LogP contribution is -2.49. The van der Waals surface area contributed by atoms with E-state index in [9.17, 15) is 19.5 Å². The number of nitrogens with zero attached hydrogens (tertiary/aromatic N) is 5. The summed E-state index contributed by atoms with van der Waals surface area (Å²) < 4.78 is 1.99. The van der Waals surface area contributed by atoms with E-state index >= 15 is 0 Å². The molecular weight excluding hydrogens is 773 g/mol. The van der Waals surface area contributed by atoms with Crippen molar-refractivity contribution in [2.45, 2.75) is 51.1 Å². The number of fused-ring (bicyclic) bond motifs is 1. The largest absolute Gasteiger partial charge is 0.478 e. The first-order valence-corrected chi connectivity index (χ1v) is 19.7. The van der Waals surface area contributed by atoms with E-state index in [1.165, 1.54) is 12.3 Å². The fraction of sp³-hybridized carbons (Fsp3) is 0.262. The minimum absolute atomic E-state index is 0.0698. The minimum atomic E-state index is -1.17. The molecule has 6 aromatic rings. The van der Waals surface area contributed by atoms with Crippen molar-refractivity contribution in [1.29, 1.82) is 0 Å². The van der Waals surface area contributed by atoms with Gasteiger partial charge in [0.05, 0.1) is 35.0 Å². The Labute approximate surface area is 338 Å². The smallest absolute Gasteiger partial charge is 0.337 e. The Kier molecular flexibility index (Phi) is 10.5. The summed E-state index contributed by atoms with van der Waals surface area (Å²) in [5.41, 5.74) is 4.51. The molecule has 3 aromatic carbocycles. The van der Waals surface area contributed by atoms with Crippen molar-refractivity contribution in [2.24, 2.45) is 0 Å². The molecule has 5 heterocycles. The number of H-pyrrole nitrogens is 1. The highest BCUT2D eigenvalue weighted by Gasteiger charge is 2.32. The number of hydrogen-bond acceptors (Lipinski definition) is 6. The molecule has 1 atom stereocenters. The predicted octanol–water partition coefficient (Wildman–Crippen LogP) is 9.59. The number of pyridine rings is 1. The van der Waals surface area contributed by atoms with Crippen molar-refractivity contribution in [2.75, 3.05) is 29.9 Å². The molecule has 3 N–H and O–H groups in total. The van der Waals surface area contributed by atoms with Crippen molar-refractivity contribution < 1.29 is 19.5 Å². The first kappa shape index (κ1) is 37.6. The summed E-state index contributed by atoms with van der Waals surface area (Å²) >= 11 is 19.5. The first-order valence-electron chi connectivity index (χ1n) is 18.5. The Hall–Kier alpha value is -5.36. The number of amides is 2. The molecule has 56 heavy (non-hydrogen) atoms. The van der Waals surface area contributed by atoms with Crippen LogP contribution in [0.3, 0.4) is 0 Å². The number of nitrogens with one attached hydrogen (secondary N) is 2. The van der Waals surface area contributed by atoms with Gasteiger partial charge in [-0.3, -0.25) is 9.59 Å². The van der Waals surface area contributed by atoms with Crippen LogP contribution in [0.5, 0.6) is 0 Å². The van der Waals surface area contributed by atoms with Crippen molar-refractivity contribution in [1.82, 2.24) is 24.4 Å². The summed E-state index contributed by atoms with van der Waals surface area (Å²) in [6.07, 6.45) is 7.02. The third-order valence-electron chi connectivity index (χ3n) is 10.8. The van der Waals surface area contributed by atoms with Crippen LogP contribution in [-0.2, 0) is 4.79 Å². The van der Waals surface area contributed by atoms with E-state index in [2.05, 4.69) is 15.3 Å². The van der Waals surface area contributed by atoms with E-state index in [4.69, 9.17) is 39.8 Å². The van der Waals surface area contributed by atoms with Gasteiger partial charge in [-0.2, -0.15) is 0 Å². The van der Waals surface area contributed by atoms with Crippen molar-refractivity contribution in [3.8, 4) is 22.5 Å². The molecule has 14 heteroatoms. The monoisotopic (exact) mass is 809 g/mol. The molecular formula is C42H38Cl3N7O4. The van der Waals surface area contributed by atoms with Crippen LogP contribution in [-0.4, -0.2) is 73.0 Å². The molecule has 2 aliphatic heterocycles. The zero-order chi connectivity index (χ0) is 39.1. The lowest BCUT2D eigenvalue weighted by Gasteiger charge is -2.40. The van der Waals surface area contributed by atoms with Gasteiger partial charge in [0.15, 0.2) is 5.82 Å². The lowest BCUT2D eigenvalue weighted by atomic mass is 9.99. The summed E-state index contributed by atoms with van der Waals surface area (Å²) in [6, 6.07) is 21.7. The Morgan fingerprint density at radius 3 is 2.41 bits per heavy atom. The maximum Gasteiger partial charge on any atom is 0.337 e. The quantitative estimate of drug-likeness (QED) is 0.132. The molecule has 1 unspecified atom stereocenters. The number of piperidine rings is 2. The van der Waals surface area contributed by atoms with Crippen LogP contribution in [0, 0.1) is 0 Å². The average Bonchev–Trinajstić information content (AvgIpc) is 3.80. The van der Waals surface area contributed by atoms with Crippen LogP contribution in [0.15, 0.2) is 85.3 Å². The number of carbonyl (C=O) groups excluding carboxylic acids is 2. The fourth-order valence-corrected chi connectivity index (χ4v) is 8.73. The molecule has 2 amide bonds. The topological polar surface area (TPSA) is 136 Å². The van der Waals surface area contributed by atoms with Gasteiger partial charge in [0.2, 0.25) is 5.91 Å². The third kappa shape index (κ3) is 7.22. The van der Waals surface area contributed by atoms with Gasteiger partial charge < -0.3 is 29.8 Å². The van der Waals surface area contributed by atoms with E-state index in [0.29, 0.717) is 62.9 Å². The Morgan fingerprint density at radius 1 is 0.929 bits per heavy atom. The van der Waals surface area contributed by atoms with Crippen LogP contribution >= 0.6 is 34.8 Å². The molecule has 11 nitrogen and oxygen atoms in total. The standard InChI is InChI=1S/C42H38Cl3N7O4/c1-24(30-12-10-27(43)20-32(30)45)52-23-47-37(25-7-3-2-4-8-25)39(52)36-31-13-11-28(44)21-33(31)48-38(36)41(54)49-34-19-26(42(55)56)22-46-40(34)50-17-14-29(15-18-50)51-16-6-5-9-35(51)53/h2-4,7-8,10-13,19-24,29,48H,5-6,9,14-18H2,1H3,(H,49,54)(H,55,56). The van der Waals surface area contributed by atoms with E-state index < -0.39 is 11.9 Å². The second-order valence-electron chi connectivity index (χ2n) is 14.2. The highest BCUT2D eigenvalue weighted by Crippen LogP contribution is 2.43. The number of likely N-dealkylation sites (tertiary alicyclic amines) is 1. The fourth-order valence-electron chi connectivity index (χ4n) is 7.99. The number of hydrogen-bond donors (Lipinski definition) is 3. The lowest BCUT2D eigenvalue weighted by molar-refractivity contribution is -0.136. The van der Waals surface area contributed by atoms with Crippen LogP contribution < -0.4 is 10.2 Å². The molecule has 286 valence electrons. The summed E-state index contributed by atoms with van der Waals surface area (Å²) in [5.74, 6) is -1.04. The van der Waals surface area contributed by atoms with Crippen LogP contribution in [0.4, 0.5) is 11.5 Å². The van der Waals surface area contributed by atoms with E-state index in [-0.39, 0.29) is 34.9 Å². The molecule has 0 radical (unpaired) electrons. The highest BCUT2D eigenvalue weighted by atomic mass is 35.5. The maximum absolute atomic E-state index is 14.8. The van der Waals surface area contributed by atoms with Crippen molar-refractivity contribution in [3.63, 3.8) is 0 Å². The molecule has 2 saturated heterocycles. The Bertz CT molecular complexity index is 2480. The molecule has 0 spiro atoms. The number of carboxylic acid groups (broad SMARTS) is 1. The van der Waals surface area contributed by atoms with Crippen LogP contribution in [0.2, 0.25) is 15.1 Å². The summed E-state index contributed by atoms with van der Waals surface area (Å²) in [5, 5.41) is 15.2. The van der Waals surface area contributed by atoms with Gasteiger partial charge in [0.25, 0.3) is 5.91 Å². The first-order chi connectivity index (χ1) is 27.1. The number of anilines is 2. The summed E-state index contributed by atoms with van der Waals surface area (Å²) in [7, 11) is 0. The van der Waals surface area contributed by atoms with Gasteiger partial charge >= 0.3 is 5.97 Å². The SMILES string of the molecule is CC(c1ccc(Cl)cc1Cl)n1cnc(-c2ccccc2)c1-c1c(C(=O)Nc2cc(C(=O)O)cnc2N2CCC(N3CCCCC3=O)CC2)[nH]c2cc(Cl)ccc12. The number of rotatable bonds is 9. The molecule has 2 aliphatic rings. The number of carbonyl (C=O) groups is 3. The zero-order valence-electron chi connectivity index (χ0n) is 30.4. The van der Waals surface area contributed by atoms with Gasteiger partial charge in [-0.1, -0.05) is 77.3 Å². The second-order valence-corrected chi connectivity index (χ2v) is 15.5. The number of aromatic amines is 1. The zero-order valence-corrected chi connectivity index (χ0v) is 32.7. The van der Waals surface area contributed by atoms with Gasteiger partial charge in [-0.05, 0) is 68.5 Å². The van der Waals surface area contributed by atoms with Crippen molar-refractivity contribution in [3.05, 3.63) is 117 Å². The van der Waals surface area contributed by atoms with E-state index in [1.807, 2.05) is 63.8 Å². The normalized spacial score (nSPS) is 15.7. The number of aromatic carboxylic acids is 1.